The zero-order chi connectivity index (χ0) is 17.8. The van der Waals surface area contributed by atoms with Crippen molar-refractivity contribution in [2.24, 2.45) is 0 Å². The molecular formula is C17H26N6O2. The summed E-state index contributed by atoms with van der Waals surface area (Å²) in [5, 5.41) is 6.57. The number of piperazine rings is 1. The van der Waals surface area contributed by atoms with E-state index in [0.717, 1.165) is 50.8 Å². The highest BCUT2D eigenvalue weighted by Crippen LogP contribution is 2.13. The number of aryl methyl sites for hydroxylation is 2. The molecule has 0 saturated carbocycles. The van der Waals surface area contributed by atoms with Crippen LogP contribution in [0, 0.1) is 6.92 Å². The lowest BCUT2D eigenvalue weighted by Crippen LogP contribution is -2.52. The minimum absolute atomic E-state index is 0.0638. The molecule has 8 nitrogen and oxygen atoms in total. The van der Waals surface area contributed by atoms with Gasteiger partial charge in [-0.05, 0) is 20.8 Å². The topological polar surface area (TPSA) is 79.4 Å². The molecule has 1 fully saturated rings. The maximum atomic E-state index is 12.4. The number of carbonyl (C=O) groups excluding carboxylic acids is 1. The van der Waals surface area contributed by atoms with Gasteiger partial charge >= 0.3 is 0 Å². The van der Waals surface area contributed by atoms with Crippen LogP contribution in [0.15, 0.2) is 23.0 Å². The molecule has 1 N–H and O–H groups in total. The fourth-order valence-electron chi connectivity index (χ4n) is 3.10. The summed E-state index contributed by atoms with van der Waals surface area (Å²) in [6.45, 7) is 11.2. The van der Waals surface area contributed by atoms with Crippen molar-refractivity contribution >= 4 is 11.8 Å². The first-order valence-electron chi connectivity index (χ1n) is 8.77. The first kappa shape index (κ1) is 17.6. The summed E-state index contributed by atoms with van der Waals surface area (Å²) < 4.78 is 7.22. The van der Waals surface area contributed by atoms with Crippen LogP contribution in [0.1, 0.15) is 25.4 Å². The third-order valence-corrected chi connectivity index (χ3v) is 4.72. The standard InChI is InChI=1S/C17H26N6O2/c1-4-22-6-5-18-15(22)12-21-7-9-23(10-8-21)14(3)17(24)19-16-11-13(2)20-25-16/h5-6,11,14H,4,7-10,12H2,1-3H3,(H,19,24)/t14-/m0/s1. The highest BCUT2D eigenvalue weighted by Gasteiger charge is 2.26. The van der Waals surface area contributed by atoms with Gasteiger partial charge in [-0.1, -0.05) is 5.16 Å². The Morgan fingerprint density at radius 2 is 2.12 bits per heavy atom. The van der Waals surface area contributed by atoms with E-state index in [-0.39, 0.29) is 11.9 Å². The minimum Gasteiger partial charge on any atom is -0.338 e. The van der Waals surface area contributed by atoms with Gasteiger partial charge in [-0.25, -0.2) is 4.98 Å². The van der Waals surface area contributed by atoms with Gasteiger partial charge in [0.25, 0.3) is 0 Å². The maximum Gasteiger partial charge on any atom is 0.243 e. The molecular weight excluding hydrogens is 320 g/mol. The van der Waals surface area contributed by atoms with Crippen LogP contribution in [0.4, 0.5) is 5.88 Å². The Kier molecular flexibility index (Phi) is 5.50. The molecule has 8 heteroatoms. The quantitative estimate of drug-likeness (QED) is 0.850. The summed E-state index contributed by atoms with van der Waals surface area (Å²) >= 11 is 0. The molecule has 0 spiro atoms. The molecule has 1 aliphatic heterocycles. The number of imidazole rings is 1. The Morgan fingerprint density at radius 1 is 1.36 bits per heavy atom. The summed E-state index contributed by atoms with van der Waals surface area (Å²) in [6, 6.07) is 1.52. The lowest BCUT2D eigenvalue weighted by molar-refractivity contribution is -0.121. The molecule has 136 valence electrons. The molecule has 3 heterocycles. The minimum atomic E-state index is -0.204. The second-order valence-electron chi connectivity index (χ2n) is 6.44. The monoisotopic (exact) mass is 346 g/mol. The van der Waals surface area contributed by atoms with E-state index in [4.69, 9.17) is 4.52 Å². The largest absolute Gasteiger partial charge is 0.338 e. The Hall–Kier alpha value is -2.19. The van der Waals surface area contributed by atoms with Gasteiger partial charge in [0.2, 0.25) is 11.8 Å². The average Bonchev–Trinajstić information content (AvgIpc) is 3.23. The van der Waals surface area contributed by atoms with Gasteiger partial charge in [0.15, 0.2) is 0 Å². The number of aromatic nitrogens is 3. The van der Waals surface area contributed by atoms with Crippen LogP contribution in [-0.2, 0) is 17.9 Å². The zero-order valence-corrected chi connectivity index (χ0v) is 15.1. The van der Waals surface area contributed by atoms with Crippen LogP contribution in [-0.4, -0.2) is 62.6 Å². The zero-order valence-electron chi connectivity index (χ0n) is 15.1. The predicted molar refractivity (Wildman–Crippen MR) is 94.1 cm³/mol. The first-order chi connectivity index (χ1) is 12.1. The number of anilines is 1. The summed E-state index contributed by atoms with van der Waals surface area (Å²) in [4.78, 5) is 21.4. The predicted octanol–water partition coefficient (Wildman–Crippen LogP) is 1.34. The summed E-state index contributed by atoms with van der Waals surface area (Å²) in [6.07, 6.45) is 3.87. The number of nitrogens with zero attached hydrogens (tertiary/aromatic N) is 5. The Morgan fingerprint density at radius 3 is 2.76 bits per heavy atom. The first-order valence-corrected chi connectivity index (χ1v) is 8.77. The van der Waals surface area contributed by atoms with Crippen LogP contribution in [0.2, 0.25) is 0 Å². The van der Waals surface area contributed by atoms with Gasteiger partial charge in [0.05, 0.1) is 18.3 Å². The number of hydrogen-bond acceptors (Lipinski definition) is 6. The van der Waals surface area contributed by atoms with Crippen molar-refractivity contribution in [1.29, 1.82) is 0 Å². The van der Waals surface area contributed by atoms with Gasteiger partial charge in [0.1, 0.15) is 5.82 Å². The van der Waals surface area contributed by atoms with Gasteiger partial charge in [-0.2, -0.15) is 0 Å². The Balaban J connectivity index is 1.48. The van der Waals surface area contributed by atoms with Crippen molar-refractivity contribution in [3.8, 4) is 0 Å². The number of carbonyl (C=O) groups is 1. The maximum absolute atomic E-state index is 12.4. The van der Waals surface area contributed by atoms with Crippen LogP contribution in [0.3, 0.4) is 0 Å². The SMILES string of the molecule is CCn1ccnc1CN1CCN([C@@H](C)C(=O)Nc2cc(C)no2)CC1. The molecule has 0 unspecified atom stereocenters. The van der Waals surface area contributed by atoms with E-state index in [2.05, 4.69) is 36.7 Å². The molecule has 1 aliphatic rings. The molecule has 1 atom stereocenters. The van der Waals surface area contributed by atoms with Crippen molar-refractivity contribution in [1.82, 2.24) is 24.5 Å². The van der Waals surface area contributed by atoms with Crippen LogP contribution >= 0.6 is 0 Å². The van der Waals surface area contributed by atoms with E-state index in [9.17, 15) is 4.79 Å². The summed E-state index contributed by atoms with van der Waals surface area (Å²) in [5.41, 5.74) is 0.752. The lowest BCUT2D eigenvalue weighted by Gasteiger charge is -2.37. The van der Waals surface area contributed by atoms with Gasteiger partial charge in [0, 0.05) is 51.2 Å². The third kappa shape index (κ3) is 4.26. The molecule has 0 aromatic carbocycles. The normalized spacial score (nSPS) is 17.6. The number of rotatable bonds is 6. The number of amides is 1. The highest BCUT2D eigenvalue weighted by molar-refractivity contribution is 5.93. The van der Waals surface area contributed by atoms with E-state index in [1.54, 1.807) is 6.07 Å². The Labute approximate surface area is 147 Å². The van der Waals surface area contributed by atoms with Crippen LogP contribution in [0.25, 0.3) is 0 Å². The molecule has 3 rings (SSSR count). The fourth-order valence-corrected chi connectivity index (χ4v) is 3.10. The van der Waals surface area contributed by atoms with Crippen LogP contribution < -0.4 is 5.32 Å². The van der Waals surface area contributed by atoms with Gasteiger partial charge < -0.3 is 9.09 Å². The summed E-state index contributed by atoms with van der Waals surface area (Å²) in [7, 11) is 0. The molecule has 2 aromatic heterocycles. The van der Waals surface area contributed by atoms with Gasteiger partial charge in [-0.3, -0.25) is 19.9 Å². The van der Waals surface area contributed by atoms with E-state index in [1.165, 1.54) is 0 Å². The Bertz CT molecular complexity index is 702. The molecule has 1 saturated heterocycles. The van der Waals surface area contributed by atoms with Crippen molar-refractivity contribution in [2.75, 3.05) is 31.5 Å². The molecule has 1 amide bonds. The fraction of sp³-hybridized carbons (Fsp3) is 0.588. The number of hydrogen-bond donors (Lipinski definition) is 1. The van der Waals surface area contributed by atoms with Crippen molar-refractivity contribution in [2.45, 2.75) is 39.9 Å². The van der Waals surface area contributed by atoms with E-state index >= 15 is 0 Å². The van der Waals surface area contributed by atoms with E-state index in [1.807, 2.05) is 26.2 Å². The van der Waals surface area contributed by atoms with Crippen molar-refractivity contribution in [3.63, 3.8) is 0 Å². The lowest BCUT2D eigenvalue weighted by atomic mass is 10.2. The van der Waals surface area contributed by atoms with Gasteiger partial charge in [-0.15, -0.1) is 0 Å². The van der Waals surface area contributed by atoms with Crippen molar-refractivity contribution < 1.29 is 9.32 Å². The van der Waals surface area contributed by atoms with E-state index < -0.39 is 0 Å². The molecule has 2 aromatic rings. The molecule has 25 heavy (non-hydrogen) atoms. The second-order valence-corrected chi connectivity index (χ2v) is 6.44. The third-order valence-electron chi connectivity index (χ3n) is 4.72. The average molecular weight is 346 g/mol. The number of nitrogens with one attached hydrogen (secondary N) is 1. The second kappa shape index (κ2) is 7.79. The highest BCUT2D eigenvalue weighted by atomic mass is 16.5. The van der Waals surface area contributed by atoms with Crippen LogP contribution in [0.5, 0.6) is 0 Å². The van der Waals surface area contributed by atoms with E-state index in [0.29, 0.717) is 5.88 Å². The molecule has 0 radical (unpaired) electrons. The summed E-state index contributed by atoms with van der Waals surface area (Å²) in [5.74, 6) is 1.44. The molecule has 0 bridgehead atoms. The smallest absolute Gasteiger partial charge is 0.243 e. The van der Waals surface area contributed by atoms with Crippen molar-refractivity contribution in [3.05, 3.63) is 30.0 Å². The molecule has 0 aliphatic carbocycles.